The summed E-state index contributed by atoms with van der Waals surface area (Å²) in [5, 5.41) is 1.40. The summed E-state index contributed by atoms with van der Waals surface area (Å²) < 4.78 is 24.1. The van der Waals surface area contributed by atoms with Crippen LogP contribution < -0.4 is 5.73 Å². The first-order valence-corrected chi connectivity index (χ1v) is 7.69. The molecule has 5 heteroatoms. The Morgan fingerprint density at radius 3 is 2.67 bits per heavy atom. The molecular formula is C13H16N2O2S. The van der Waals surface area contributed by atoms with Crippen molar-refractivity contribution in [3.63, 3.8) is 0 Å². The lowest BCUT2D eigenvalue weighted by Gasteiger charge is -2.15. The topological polar surface area (TPSA) is 63.4 Å². The molecule has 0 saturated carbocycles. The Bertz CT molecular complexity index is 614. The Labute approximate surface area is 107 Å². The molecule has 1 saturated heterocycles. The van der Waals surface area contributed by atoms with Crippen LogP contribution in [0.15, 0.2) is 28.5 Å². The quantitative estimate of drug-likeness (QED) is 0.822. The Balaban J connectivity index is 1.98. The van der Waals surface area contributed by atoms with Gasteiger partial charge in [0.1, 0.15) is 0 Å². The highest BCUT2D eigenvalue weighted by atomic mass is 32.2. The van der Waals surface area contributed by atoms with E-state index < -0.39 is 9.84 Å². The van der Waals surface area contributed by atoms with Crippen molar-refractivity contribution in [2.24, 2.45) is 0 Å². The molecule has 3 rings (SSSR count). The van der Waals surface area contributed by atoms with Crippen LogP contribution in [0, 0.1) is 0 Å². The molecule has 0 unspecified atom stereocenters. The second-order valence-corrected chi connectivity index (χ2v) is 6.69. The smallest absolute Gasteiger partial charge is 0.200 e. The Kier molecular flexibility index (Phi) is 2.68. The van der Waals surface area contributed by atoms with Crippen molar-refractivity contribution in [3.05, 3.63) is 29.2 Å². The van der Waals surface area contributed by atoms with Crippen LogP contribution in [0.4, 0.5) is 5.69 Å². The normalized spacial score (nSPS) is 21.9. The van der Waals surface area contributed by atoms with E-state index in [0.29, 0.717) is 10.6 Å². The average Bonchev–Trinajstić information content (AvgIpc) is 2.88. The number of hydrogen-bond donors (Lipinski definition) is 1. The van der Waals surface area contributed by atoms with Gasteiger partial charge in [0.2, 0.25) is 9.84 Å². The molecule has 0 atom stereocenters. The van der Waals surface area contributed by atoms with Gasteiger partial charge in [0, 0.05) is 17.6 Å². The number of anilines is 1. The maximum absolute atomic E-state index is 12.0. The van der Waals surface area contributed by atoms with Crippen molar-refractivity contribution in [3.8, 4) is 0 Å². The van der Waals surface area contributed by atoms with Gasteiger partial charge in [-0.25, -0.2) is 8.42 Å². The summed E-state index contributed by atoms with van der Waals surface area (Å²) >= 11 is 0. The van der Waals surface area contributed by atoms with Crippen LogP contribution in [0.5, 0.6) is 0 Å². The summed E-state index contributed by atoms with van der Waals surface area (Å²) in [4.78, 5) is 2.66. The Hall–Kier alpha value is -1.33. The van der Waals surface area contributed by atoms with E-state index in [9.17, 15) is 8.42 Å². The highest BCUT2D eigenvalue weighted by Crippen LogP contribution is 2.35. The average molecular weight is 264 g/mol. The summed E-state index contributed by atoms with van der Waals surface area (Å²) in [7, 11) is -3.29. The van der Waals surface area contributed by atoms with Crippen LogP contribution in [0.2, 0.25) is 0 Å². The minimum absolute atomic E-state index is 0.358. The maximum atomic E-state index is 12.0. The first-order chi connectivity index (χ1) is 8.56. The first-order valence-electron chi connectivity index (χ1n) is 6.14. The van der Waals surface area contributed by atoms with E-state index in [1.165, 1.54) is 18.2 Å². The van der Waals surface area contributed by atoms with Gasteiger partial charge in [0.05, 0.1) is 4.90 Å². The van der Waals surface area contributed by atoms with Crippen LogP contribution in [0.1, 0.15) is 18.4 Å². The van der Waals surface area contributed by atoms with E-state index in [4.69, 9.17) is 5.73 Å². The van der Waals surface area contributed by atoms with Crippen molar-refractivity contribution in [1.82, 2.24) is 4.90 Å². The van der Waals surface area contributed by atoms with Crippen LogP contribution >= 0.6 is 0 Å². The zero-order chi connectivity index (χ0) is 12.8. The minimum atomic E-state index is -3.29. The fraction of sp³-hybridized carbons (Fsp3) is 0.385. The predicted molar refractivity (Wildman–Crippen MR) is 71.7 cm³/mol. The van der Waals surface area contributed by atoms with Crippen LogP contribution in [-0.2, 0) is 9.84 Å². The second-order valence-electron chi connectivity index (χ2n) is 4.93. The molecule has 18 heavy (non-hydrogen) atoms. The molecule has 1 fully saturated rings. The van der Waals surface area contributed by atoms with Crippen LogP contribution in [-0.4, -0.2) is 33.0 Å². The highest BCUT2D eigenvalue weighted by molar-refractivity contribution is 7.95. The lowest BCUT2D eigenvalue weighted by atomic mass is 10.1. The molecule has 0 aromatic heterocycles. The minimum Gasteiger partial charge on any atom is -0.399 e. The number of nitrogen functional groups attached to an aromatic ring is 1. The molecule has 2 aliphatic heterocycles. The lowest BCUT2D eigenvalue weighted by Crippen LogP contribution is -2.21. The highest BCUT2D eigenvalue weighted by Gasteiger charge is 2.28. The third-order valence-electron chi connectivity index (χ3n) is 3.55. The molecule has 96 valence electrons. The summed E-state index contributed by atoms with van der Waals surface area (Å²) in [6, 6.07) is 5.13. The molecule has 1 aromatic carbocycles. The van der Waals surface area contributed by atoms with Gasteiger partial charge in [0.15, 0.2) is 0 Å². The number of nitrogens with two attached hydrogens (primary N) is 1. The van der Waals surface area contributed by atoms with E-state index in [2.05, 4.69) is 4.90 Å². The predicted octanol–water partition coefficient (Wildman–Crippen LogP) is 1.49. The summed E-state index contributed by atoms with van der Waals surface area (Å²) in [5.74, 6) is 0. The monoisotopic (exact) mass is 264 g/mol. The van der Waals surface area contributed by atoms with Crippen molar-refractivity contribution in [2.75, 3.05) is 25.4 Å². The molecule has 2 N–H and O–H groups in total. The number of sulfone groups is 1. The Morgan fingerprint density at radius 1 is 1.22 bits per heavy atom. The van der Waals surface area contributed by atoms with Crippen molar-refractivity contribution >= 4 is 21.1 Å². The largest absolute Gasteiger partial charge is 0.399 e. The number of benzene rings is 1. The first kappa shape index (κ1) is 11.7. The van der Waals surface area contributed by atoms with Crippen molar-refractivity contribution in [2.45, 2.75) is 17.7 Å². The molecule has 4 nitrogen and oxygen atoms in total. The third kappa shape index (κ3) is 1.93. The Morgan fingerprint density at radius 2 is 1.94 bits per heavy atom. The molecule has 2 aliphatic rings. The maximum Gasteiger partial charge on any atom is 0.200 e. The van der Waals surface area contributed by atoms with Gasteiger partial charge in [-0.3, -0.25) is 4.90 Å². The number of hydrogen-bond acceptors (Lipinski definition) is 4. The number of nitrogens with zero attached hydrogens (tertiary/aromatic N) is 1. The van der Waals surface area contributed by atoms with Gasteiger partial charge in [0.25, 0.3) is 0 Å². The van der Waals surface area contributed by atoms with E-state index >= 15 is 0 Å². The third-order valence-corrected chi connectivity index (χ3v) is 5.09. The summed E-state index contributed by atoms with van der Waals surface area (Å²) in [6.45, 7) is 2.83. The van der Waals surface area contributed by atoms with E-state index in [1.54, 1.807) is 12.1 Å². The molecule has 1 aromatic rings. The SMILES string of the molecule is Nc1ccc2c(c1)S(=O)(=O)C=C2CN1CCCC1. The van der Waals surface area contributed by atoms with E-state index in [0.717, 1.165) is 30.8 Å². The second kappa shape index (κ2) is 4.10. The van der Waals surface area contributed by atoms with Crippen molar-refractivity contribution < 1.29 is 8.42 Å². The van der Waals surface area contributed by atoms with Crippen LogP contribution in [0.25, 0.3) is 5.57 Å². The summed E-state index contributed by atoms with van der Waals surface area (Å²) in [5.41, 5.74) is 7.87. The van der Waals surface area contributed by atoms with Gasteiger partial charge < -0.3 is 5.73 Å². The van der Waals surface area contributed by atoms with Gasteiger partial charge in [-0.05, 0) is 49.2 Å². The standard InChI is InChI=1S/C13H16N2O2S/c14-11-3-4-12-10(8-15-5-1-2-6-15)9-18(16,17)13(12)7-11/h3-4,7,9H,1-2,5-6,8,14H2. The fourth-order valence-corrected chi connectivity index (χ4v) is 4.17. The zero-order valence-corrected chi connectivity index (χ0v) is 10.9. The van der Waals surface area contributed by atoms with Gasteiger partial charge >= 0.3 is 0 Å². The lowest BCUT2D eigenvalue weighted by molar-refractivity contribution is 0.383. The van der Waals surface area contributed by atoms with Gasteiger partial charge in [-0.15, -0.1) is 0 Å². The number of fused-ring (bicyclic) bond motifs is 1. The molecule has 0 amide bonds. The number of rotatable bonds is 2. The van der Waals surface area contributed by atoms with Gasteiger partial charge in [-0.1, -0.05) is 6.07 Å². The molecule has 0 radical (unpaired) electrons. The van der Waals surface area contributed by atoms with Gasteiger partial charge in [-0.2, -0.15) is 0 Å². The van der Waals surface area contributed by atoms with Crippen LogP contribution in [0.3, 0.4) is 0 Å². The molecule has 0 aliphatic carbocycles. The zero-order valence-electron chi connectivity index (χ0n) is 10.1. The summed E-state index contributed by atoms with van der Waals surface area (Å²) in [6.07, 6.45) is 2.41. The fourth-order valence-electron chi connectivity index (χ4n) is 2.66. The molecule has 0 spiro atoms. The molecular weight excluding hydrogens is 248 g/mol. The molecule has 2 heterocycles. The van der Waals surface area contributed by atoms with E-state index in [-0.39, 0.29) is 0 Å². The van der Waals surface area contributed by atoms with Crippen molar-refractivity contribution in [1.29, 1.82) is 0 Å². The molecule has 0 bridgehead atoms. The number of likely N-dealkylation sites (tertiary alicyclic amines) is 1. The van der Waals surface area contributed by atoms with E-state index in [1.807, 2.05) is 6.07 Å².